The Morgan fingerprint density at radius 2 is 1.91 bits per heavy atom. The number of carbonyl (C=O) groups excluding carboxylic acids is 4. The van der Waals surface area contributed by atoms with E-state index in [9.17, 15) is 27.6 Å². The first-order valence-corrected chi connectivity index (χ1v) is 20.6. The molecule has 53 heavy (non-hydrogen) atoms. The van der Waals surface area contributed by atoms with Crippen molar-refractivity contribution in [3.05, 3.63) is 78.5 Å². The van der Waals surface area contributed by atoms with Gasteiger partial charge in [-0.05, 0) is 86.1 Å². The molecular formula is C42H50N2O8S. The second-order valence-electron chi connectivity index (χ2n) is 15.0. The fourth-order valence-corrected chi connectivity index (χ4v) is 9.71. The molecular weight excluding hydrogens is 693 g/mol. The molecule has 1 aromatic heterocycles. The highest BCUT2D eigenvalue weighted by atomic mass is 32.2. The molecule has 1 aliphatic carbocycles. The Bertz CT molecular complexity index is 1990. The van der Waals surface area contributed by atoms with Crippen LogP contribution in [0.15, 0.2) is 72.3 Å². The predicted octanol–water partition coefficient (Wildman–Crippen LogP) is 6.55. The van der Waals surface area contributed by atoms with Crippen molar-refractivity contribution in [1.29, 1.82) is 0 Å². The first-order chi connectivity index (χ1) is 25.5. The average molecular weight is 743 g/mol. The number of allylic oxidation sites excluding steroid dienone is 1. The van der Waals surface area contributed by atoms with Crippen molar-refractivity contribution < 1.29 is 37.1 Å². The zero-order valence-electron chi connectivity index (χ0n) is 30.8. The second kappa shape index (κ2) is 16.3. The average Bonchev–Trinajstić information content (AvgIpc) is 3.70. The molecule has 2 aliphatic heterocycles. The fourth-order valence-electron chi connectivity index (χ4n) is 8.07. The van der Waals surface area contributed by atoms with Crippen molar-refractivity contribution in [3.8, 4) is 5.88 Å². The van der Waals surface area contributed by atoms with Gasteiger partial charge in [0.1, 0.15) is 11.9 Å². The number of nitrogens with zero attached hydrogens (tertiary/aromatic N) is 2. The molecule has 282 valence electrons. The van der Waals surface area contributed by atoms with Crippen LogP contribution in [0.25, 0.3) is 10.8 Å². The Hall–Kier alpha value is -4.38. The molecule has 0 radical (unpaired) electrons. The Balaban J connectivity index is 1.31. The minimum atomic E-state index is -3.98. The van der Waals surface area contributed by atoms with E-state index in [2.05, 4.69) is 23.7 Å². The van der Waals surface area contributed by atoms with Crippen LogP contribution < -0.4 is 4.74 Å². The number of ether oxygens (including phenoxy) is 2. The van der Waals surface area contributed by atoms with Gasteiger partial charge in [-0.1, -0.05) is 56.2 Å². The van der Waals surface area contributed by atoms with Crippen LogP contribution in [0.5, 0.6) is 5.88 Å². The van der Waals surface area contributed by atoms with Crippen molar-refractivity contribution in [2.24, 2.45) is 17.3 Å². The number of unbranched alkanes of at least 4 members (excludes halogenated alkanes) is 1. The number of hydrogen-bond acceptors (Lipinski definition) is 9. The van der Waals surface area contributed by atoms with Gasteiger partial charge in [-0.25, -0.2) is 13.4 Å². The Kier molecular flexibility index (Phi) is 11.8. The summed E-state index contributed by atoms with van der Waals surface area (Å²) in [7, 11) is -3.98. The van der Waals surface area contributed by atoms with Gasteiger partial charge >= 0.3 is 5.97 Å². The van der Waals surface area contributed by atoms with E-state index >= 15 is 0 Å². The molecule has 3 heterocycles. The third kappa shape index (κ3) is 8.56. The van der Waals surface area contributed by atoms with Gasteiger partial charge in [0.15, 0.2) is 21.4 Å². The topological polar surface area (TPSA) is 137 Å². The van der Waals surface area contributed by atoms with Crippen LogP contribution in [0.2, 0.25) is 0 Å². The fraction of sp³-hybridized carbons (Fsp3) is 0.500. The number of pyridine rings is 1. The number of amides is 1. The van der Waals surface area contributed by atoms with E-state index in [1.54, 1.807) is 37.4 Å². The van der Waals surface area contributed by atoms with Crippen LogP contribution in [0, 0.1) is 24.2 Å². The standard InChI is InChI=1S/C42H50N2O8S/c1-4-6-14-31-22-39(47)51-20-11-7-8-13-29-16-17-30-18-19-43-40(34(30)21-29)52-33-23-35(44(26-33)41(31)48)36(45)25-42(24-32(42)5-2)38(46)27-53(49,50)37-15-10-9-12-28(37)3/h5,9-10,12,15-19,21,31-33,35H,2,4,6-8,11,13-14,20,22-27H2,1,3H3/t31-,32?,33-,35+,42-/m1/s1. The summed E-state index contributed by atoms with van der Waals surface area (Å²) in [5, 5.41) is 1.81. The molecule has 3 aliphatic rings. The molecule has 11 heteroatoms. The summed E-state index contributed by atoms with van der Waals surface area (Å²) >= 11 is 0. The maximum atomic E-state index is 14.5. The molecule has 1 amide bonds. The molecule has 4 bridgehead atoms. The van der Waals surface area contributed by atoms with E-state index in [-0.39, 0.29) is 54.9 Å². The number of benzene rings is 2. The number of fused-ring (bicyclic) bond motifs is 3. The molecule has 1 unspecified atom stereocenters. The van der Waals surface area contributed by atoms with Gasteiger partial charge in [-0.2, -0.15) is 0 Å². The summed E-state index contributed by atoms with van der Waals surface area (Å²) in [4.78, 5) is 62.1. The Morgan fingerprint density at radius 3 is 2.66 bits per heavy atom. The minimum absolute atomic E-state index is 0.0885. The lowest BCUT2D eigenvalue weighted by molar-refractivity contribution is -0.150. The molecule has 2 aromatic carbocycles. The number of aromatic nitrogens is 1. The van der Waals surface area contributed by atoms with E-state index < -0.39 is 50.8 Å². The molecule has 10 nitrogen and oxygen atoms in total. The zero-order chi connectivity index (χ0) is 37.8. The lowest BCUT2D eigenvalue weighted by Crippen LogP contribution is -2.45. The highest BCUT2D eigenvalue weighted by Crippen LogP contribution is 2.57. The number of hydrogen-bond donors (Lipinski definition) is 0. The SMILES string of the molecule is C=CC1C[C@]1(CC(=O)[C@@H]1C[C@@H]2CN1C(=O)[C@H](CCCC)CC(=O)OCCCCCc1ccc3ccnc(c3c1)O2)C(=O)CS(=O)(=O)c1ccccc1C. The van der Waals surface area contributed by atoms with Gasteiger partial charge in [0.25, 0.3) is 0 Å². The van der Waals surface area contributed by atoms with Crippen LogP contribution in [0.3, 0.4) is 0 Å². The molecule has 6 rings (SSSR count). The van der Waals surface area contributed by atoms with Gasteiger partial charge in [0, 0.05) is 35.8 Å². The van der Waals surface area contributed by atoms with Crippen LogP contribution in [-0.2, 0) is 40.2 Å². The van der Waals surface area contributed by atoms with Gasteiger partial charge in [0.2, 0.25) is 11.8 Å². The predicted molar refractivity (Wildman–Crippen MR) is 201 cm³/mol. The van der Waals surface area contributed by atoms with Crippen LogP contribution >= 0.6 is 0 Å². The van der Waals surface area contributed by atoms with Crippen molar-refractivity contribution in [2.75, 3.05) is 18.9 Å². The van der Waals surface area contributed by atoms with Crippen LogP contribution in [-0.4, -0.2) is 72.8 Å². The molecule has 5 atom stereocenters. The maximum absolute atomic E-state index is 14.5. The van der Waals surface area contributed by atoms with E-state index in [0.717, 1.165) is 42.0 Å². The Labute approximate surface area is 312 Å². The normalized spacial score (nSPS) is 25.3. The summed E-state index contributed by atoms with van der Waals surface area (Å²) in [5.74, 6) is -3.00. The lowest BCUT2D eigenvalue weighted by Gasteiger charge is -2.29. The summed E-state index contributed by atoms with van der Waals surface area (Å²) in [6.07, 6.45) is 8.20. The first-order valence-electron chi connectivity index (χ1n) is 18.9. The highest BCUT2D eigenvalue weighted by Gasteiger charge is 2.60. The van der Waals surface area contributed by atoms with Gasteiger partial charge in [-0.15, -0.1) is 6.58 Å². The van der Waals surface area contributed by atoms with Gasteiger partial charge in [-0.3, -0.25) is 19.2 Å². The molecule has 3 aromatic rings. The minimum Gasteiger partial charge on any atom is -0.472 e. The van der Waals surface area contributed by atoms with Crippen LogP contribution in [0.1, 0.15) is 82.3 Å². The summed E-state index contributed by atoms with van der Waals surface area (Å²) in [6.45, 7) is 7.94. The molecule has 1 saturated carbocycles. The quantitative estimate of drug-likeness (QED) is 0.158. The molecule has 2 fully saturated rings. The molecule has 0 spiro atoms. The number of ketones is 2. The van der Waals surface area contributed by atoms with Gasteiger partial charge < -0.3 is 14.4 Å². The number of carbonyl (C=O) groups is 4. The monoisotopic (exact) mass is 742 g/mol. The van der Waals surface area contributed by atoms with E-state index in [1.165, 1.54) is 11.0 Å². The smallest absolute Gasteiger partial charge is 0.306 e. The third-order valence-electron chi connectivity index (χ3n) is 11.2. The number of Topliss-reactive ketones (excluding diaryl/α,β-unsaturated/α-hetero) is 2. The molecule has 1 saturated heterocycles. The van der Waals surface area contributed by atoms with Crippen molar-refractivity contribution >= 4 is 44.1 Å². The van der Waals surface area contributed by atoms with Gasteiger partial charge in [0.05, 0.1) is 30.5 Å². The van der Waals surface area contributed by atoms with Crippen molar-refractivity contribution in [2.45, 2.75) is 102 Å². The number of aryl methyl sites for hydroxylation is 2. The van der Waals surface area contributed by atoms with E-state index in [0.29, 0.717) is 37.1 Å². The van der Waals surface area contributed by atoms with Crippen LogP contribution in [0.4, 0.5) is 0 Å². The highest BCUT2D eigenvalue weighted by molar-refractivity contribution is 7.92. The summed E-state index contributed by atoms with van der Waals surface area (Å²) in [6, 6.07) is 13.7. The number of rotatable bonds is 11. The number of sulfone groups is 1. The van der Waals surface area contributed by atoms with E-state index in [4.69, 9.17) is 9.47 Å². The summed E-state index contributed by atoms with van der Waals surface area (Å²) in [5.41, 5.74) is 0.441. The number of esters is 1. The summed E-state index contributed by atoms with van der Waals surface area (Å²) < 4.78 is 39.0. The number of cyclic esters (lactones) is 1. The Morgan fingerprint density at radius 1 is 1.09 bits per heavy atom. The van der Waals surface area contributed by atoms with Crippen molar-refractivity contribution in [3.63, 3.8) is 0 Å². The zero-order valence-corrected chi connectivity index (χ0v) is 31.6. The van der Waals surface area contributed by atoms with E-state index in [1.807, 2.05) is 19.1 Å². The first kappa shape index (κ1) is 38.3. The lowest BCUT2D eigenvalue weighted by atomic mass is 9.88. The third-order valence-corrected chi connectivity index (χ3v) is 13.0. The maximum Gasteiger partial charge on any atom is 0.306 e. The van der Waals surface area contributed by atoms with Crippen molar-refractivity contribution in [1.82, 2.24) is 9.88 Å². The second-order valence-corrected chi connectivity index (χ2v) is 17.0. The largest absolute Gasteiger partial charge is 0.472 e. The molecule has 0 N–H and O–H groups in total.